The summed E-state index contributed by atoms with van der Waals surface area (Å²) in [5, 5.41) is 0.197. The van der Waals surface area contributed by atoms with Crippen molar-refractivity contribution in [2.45, 2.75) is 26.4 Å². The molecule has 2 heterocycles. The largest absolute Gasteiger partial charge is 0.456 e. The third-order valence-corrected chi connectivity index (χ3v) is 2.93. The molecule has 0 fully saturated rings. The van der Waals surface area contributed by atoms with E-state index in [-0.39, 0.29) is 16.6 Å². The van der Waals surface area contributed by atoms with Crippen molar-refractivity contribution in [1.29, 1.82) is 0 Å². The predicted octanol–water partition coefficient (Wildman–Crippen LogP) is 0.587. The summed E-state index contributed by atoms with van der Waals surface area (Å²) < 4.78 is 7.48. The van der Waals surface area contributed by atoms with E-state index in [2.05, 4.69) is 4.98 Å². The fourth-order valence-electron chi connectivity index (χ4n) is 1.91. The summed E-state index contributed by atoms with van der Waals surface area (Å²) in [6.45, 7) is 5.26. The third kappa shape index (κ3) is 2.72. The number of hydrogen-bond acceptors (Lipinski definition) is 5. The Morgan fingerprint density at radius 1 is 1.19 bits per heavy atom. The Labute approximate surface area is 120 Å². The molecule has 0 N–H and O–H groups in total. The number of esters is 1. The first-order valence-electron chi connectivity index (χ1n) is 6.41. The molecule has 0 aliphatic carbocycles. The quantitative estimate of drug-likeness (QED) is 0.718. The maximum atomic E-state index is 12.1. The van der Waals surface area contributed by atoms with Gasteiger partial charge >= 0.3 is 11.7 Å². The molecule has 0 unspecified atom stereocenters. The van der Waals surface area contributed by atoms with E-state index < -0.39 is 22.8 Å². The van der Waals surface area contributed by atoms with Gasteiger partial charge in [0.15, 0.2) is 0 Å². The smallest absolute Gasteiger partial charge is 0.340 e. The Hall–Kier alpha value is -2.44. The summed E-state index contributed by atoms with van der Waals surface area (Å²) in [6.07, 6.45) is 1.30. The van der Waals surface area contributed by atoms with Gasteiger partial charge in [0.05, 0.1) is 10.9 Å². The Morgan fingerprint density at radius 3 is 2.38 bits per heavy atom. The molecule has 0 saturated heterocycles. The lowest BCUT2D eigenvalue weighted by molar-refractivity contribution is 0.00693. The lowest BCUT2D eigenvalue weighted by Crippen LogP contribution is -2.37. The zero-order valence-corrected chi connectivity index (χ0v) is 12.6. The second-order valence-electron chi connectivity index (χ2n) is 5.80. The number of rotatable bonds is 1. The highest BCUT2D eigenvalue weighted by atomic mass is 16.6. The van der Waals surface area contributed by atoms with E-state index in [1.807, 2.05) is 0 Å². The highest BCUT2D eigenvalue weighted by molar-refractivity contribution is 5.93. The van der Waals surface area contributed by atoms with Crippen LogP contribution in [0.3, 0.4) is 0 Å². The van der Waals surface area contributed by atoms with Crippen molar-refractivity contribution in [3.05, 3.63) is 38.7 Å². The van der Waals surface area contributed by atoms with Crippen LogP contribution in [0.4, 0.5) is 0 Å². The first-order valence-corrected chi connectivity index (χ1v) is 6.41. The SMILES string of the molecule is Cn1c(=O)c2cc(C(=O)OC(C)(C)C)cnc2n(C)c1=O. The minimum atomic E-state index is -0.638. The van der Waals surface area contributed by atoms with Crippen LogP contribution in [0.5, 0.6) is 0 Å². The average molecular weight is 291 g/mol. The van der Waals surface area contributed by atoms with Crippen molar-refractivity contribution in [1.82, 2.24) is 14.1 Å². The van der Waals surface area contributed by atoms with E-state index in [4.69, 9.17) is 4.74 Å². The topological polar surface area (TPSA) is 83.2 Å². The van der Waals surface area contributed by atoms with Crippen LogP contribution in [0.2, 0.25) is 0 Å². The van der Waals surface area contributed by atoms with Crippen molar-refractivity contribution in [2.75, 3.05) is 0 Å². The Morgan fingerprint density at radius 2 is 1.81 bits per heavy atom. The Bertz CT molecular complexity index is 840. The molecule has 0 saturated carbocycles. The van der Waals surface area contributed by atoms with Gasteiger partial charge in [-0.25, -0.2) is 14.6 Å². The molecule has 21 heavy (non-hydrogen) atoms. The zero-order chi connectivity index (χ0) is 15.9. The average Bonchev–Trinajstić information content (AvgIpc) is 2.40. The maximum absolute atomic E-state index is 12.1. The van der Waals surface area contributed by atoms with Crippen LogP contribution < -0.4 is 11.2 Å². The normalized spacial score (nSPS) is 11.7. The van der Waals surface area contributed by atoms with Crippen LogP contribution in [0.1, 0.15) is 31.1 Å². The molecule has 2 aromatic heterocycles. The van der Waals surface area contributed by atoms with Crippen LogP contribution in [0, 0.1) is 0 Å². The second kappa shape index (κ2) is 4.83. The minimum Gasteiger partial charge on any atom is -0.456 e. The highest BCUT2D eigenvalue weighted by Crippen LogP contribution is 2.13. The molecule has 0 amide bonds. The third-order valence-electron chi connectivity index (χ3n) is 2.93. The Balaban J connectivity index is 2.65. The number of aromatic nitrogens is 3. The van der Waals surface area contributed by atoms with Gasteiger partial charge in [-0.3, -0.25) is 13.9 Å². The van der Waals surface area contributed by atoms with E-state index in [9.17, 15) is 14.4 Å². The van der Waals surface area contributed by atoms with E-state index in [0.717, 1.165) is 4.57 Å². The van der Waals surface area contributed by atoms with Crippen LogP contribution in [-0.4, -0.2) is 25.7 Å². The van der Waals surface area contributed by atoms with Gasteiger partial charge in [0, 0.05) is 20.3 Å². The molecule has 0 bridgehead atoms. The lowest BCUT2D eigenvalue weighted by Gasteiger charge is -2.19. The fraction of sp³-hybridized carbons (Fsp3) is 0.429. The summed E-state index contributed by atoms with van der Waals surface area (Å²) in [6, 6.07) is 1.40. The zero-order valence-electron chi connectivity index (χ0n) is 12.6. The number of hydrogen-bond donors (Lipinski definition) is 0. The lowest BCUT2D eigenvalue weighted by atomic mass is 10.2. The summed E-state index contributed by atoms with van der Waals surface area (Å²) in [7, 11) is 2.90. The molecule has 0 aromatic carbocycles. The van der Waals surface area contributed by atoms with Gasteiger partial charge in [-0.1, -0.05) is 0 Å². The predicted molar refractivity (Wildman–Crippen MR) is 77.4 cm³/mol. The molecule has 7 nitrogen and oxygen atoms in total. The molecular formula is C14H17N3O4. The molecular weight excluding hydrogens is 274 g/mol. The maximum Gasteiger partial charge on any atom is 0.340 e. The number of nitrogens with zero attached hydrogens (tertiary/aromatic N) is 3. The summed E-state index contributed by atoms with van der Waals surface area (Å²) in [4.78, 5) is 40.0. The highest BCUT2D eigenvalue weighted by Gasteiger charge is 2.19. The Kier molecular flexibility index (Phi) is 3.44. The first kappa shape index (κ1) is 15.0. The molecule has 0 aliphatic rings. The number of fused-ring (bicyclic) bond motifs is 1. The van der Waals surface area contributed by atoms with Gasteiger partial charge in [0.2, 0.25) is 0 Å². The van der Waals surface area contributed by atoms with Crippen molar-refractivity contribution in [3.8, 4) is 0 Å². The van der Waals surface area contributed by atoms with Gasteiger partial charge in [0.25, 0.3) is 5.56 Å². The van der Waals surface area contributed by atoms with Gasteiger partial charge in [-0.15, -0.1) is 0 Å². The minimum absolute atomic E-state index is 0.174. The number of carbonyl (C=O) groups excluding carboxylic acids is 1. The summed E-state index contributed by atoms with van der Waals surface area (Å²) in [5.74, 6) is -0.562. The molecule has 2 rings (SSSR count). The molecule has 2 aromatic rings. The van der Waals surface area contributed by atoms with Gasteiger partial charge in [0.1, 0.15) is 11.2 Å². The van der Waals surface area contributed by atoms with Crippen LogP contribution in [0.15, 0.2) is 21.9 Å². The standard InChI is InChI=1S/C14H17N3O4/c1-14(2,3)21-12(19)8-6-9-10(15-7-8)16(4)13(20)17(5)11(9)18/h6-7H,1-5H3. The van der Waals surface area contributed by atoms with Crippen LogP contribution in [-0.2, 0) is 18.8 Å². The van der Waals surface area contributed by atoms with Gasteiger partial charge < -0.3 is 4.74 Å². The second-order valence-corrected chi connectivity index (χ2v) is 5.80. The van der Waals surface area contributed by atoms with E-state index in [0.29, 0.717) is 0 Å². The number of carbonyl (C=O) groups is 1. The van der Waals surface area contributed by atoms with Gasteiger partial charge in [-0.2, -0.15) is 0 Å². The van der Waals surface area contributed by atoms with E-state index in [1.165, 1.54) is 30.9 Å². The molecule has 112 valence electrons. The molecule has 0 spiro atoms. The van der Waals surface area contributed by atoms with E-state index >= 15 is 0 Å². The van der Waals surface area contributed by atoms with Crippen molar-refractivity contribution in [3.63, 3.8) is 0 Å². The van der Waals surface area contributed by atoms with Crippen LogP contribution in [0.25, 0.3) is 11.0 Å². The fourth-order valence-corrected chi connectivity index (χ4v) is 1.91. The number of ether oxygens (including phenoxy) is 1. The molecule has 0 radical (unpaired) electrons. The number of pyridine rings is 1. The monoisotopic (exact) mass is 291 g/mol. The van der Waals surface area contributed by atoms with Crippen molar-refractivity contribution in [2.24, 2.45) is 14.1 Å². The van der Waals surface area contributed by atoms with E-state index in [1.54, 1.807) is 20.8 Å². The number of aryl methyl sites for hydroxylation is 1. The van der Waals surface area contributed by atoms with Gasteiger partial charge in [-0.05, 0) is 26.8 Å². The molecule has 0 atom stereocenters. The summed E-state index contributed by atoms with van der Waals surface area (Å²) >= 11 is 0. The first-order chi connectivity index (χ1) is 9.61. The molecule has 7 heteroatoms. The summed E-state index contributed by atoms with van der Waals surface area (Å²) in [5.41, 5.74) is -1.19. The van der Waals surface area contributed by atoms with Crippen molar-refractivity contribution >= 4 is 17.0 Å². The van der Waals surface area contributed by atoms with Crippen molar-refractivity contribution < 1.29 is 9.53 Å². The molecule has 0 aliphatic heterocycles. The van der Waals surface area contributed by atoms with Crippen LogP contribution >= 0.6 is 0 Å².